The third-order valence-electron chi connectivity index (χ3n) is 5.91. The minimum atomic E-state index is -1.69. The van der Waals surface area contributed by atoms with Crippen LogP contribution in [0.15, 0.2) is 36.4 Å². The third-order valence-corrected chi connectivity index (χ3v) is 6.26. The lowest BCUT2D eigenvalue weighted by molar-refractivity contribution is -0.374. The van der Waals surface area contributed by atoms with Gasteiger partial charge >= 0.3 is 0 Å². The van der Waals surface area contributed by atoms with E-state index in [1.54, 1.807) is 6.07 Å². The van der Waals surface area contributed by atoms with E-state index in [1.165, 1.54) is 6.92 Å². The average molecular weight is 436 g/mol. The van der Waals surface area contributed by atoms with Gasteiger partial charge in [0.15, 0.2) is 0 Å². The summed E-state index contributed by atoms with van der Waals surface area (Å²) in [5, 5.41) is 45.1. The maximum absolute atomic E-state index is 10.8. The molecule has 2 heterocycles. The molecule has 1 saturated heterocycles. The zero-order valence-electron chi connectivity index (χ0n) is 16.7. The highest BCUT2D eigenvalue weighted by atomic mass is 35.5. The summed E-state index contributed by atoms with van der Waals surface area (Å²) < 4.78 is 11.7. The topological polar surface area (TPSA) is 111 Å². The summed E-state index contributed by atoms with van der Waals surface area (Å²) in [4.78, 5) is 0. The van der Waals surface area contributed by atoms with Crippen LogP contribution in [-0.2, 0) is 28.3 Å². The number of benzene rings is 2. The monoisotopic (exact) mass is 435 g/mol. The SMILES string of the molecule is CNc1ccc(Cc2cc3c(cc2Cl)CO[C@]32O[C@H]([C@@H](C)O)[C@@H](O)[C@H](O)[C@H]2O)cc1. The van der Waals surface area contributed by atoms with Crippen molar-refractivity contribution in [2.24, 2.45) is 0 Å². The Morgan fingerprint density at radius 3 is 2.50 bits per heavy atom. The summed E-state index contributed by atoms with van der Waals surface area (Å²) in [7, 11) is 1.85. The molecule has 0 radical (unpaired) electrons. The molecule has 1 spiro atoms. The molecule has 2 aromatic rings. The Balaban J connectivity index is 1.72. The van der Waals surface area contributed by atoms with Gasteiger partial charge < -0.3 is 35.2 Å². The van der Waals surface area contributed by atoms with Gasteiger partial charge in [-0.25, -0.2) is 0 Å². The summed E-state index contributed by atoms with van der Waals surface area (Å²) in [6.07, 6.45) is -6.18. The van der Waals surface area contributed by atoms with Crippen LogP contribution in [0.5, 0.6) is 0 Å². The minimum absolute atomic E-state index is 0.124. The van der Waals surface area contributed by atoms with Gasteiger partial charge in [-0.15, -0.1) is 0 Å². The molecule has 6 atom stereocenters. The molecular formula is C22H26ClNO6. The molecule has 2 aliphatic heterocycles. The van der Waals surface area contributed by atoms with E-state index in [-0.39, 0.29) is 6.61 Å². The number of halogens is 1. The number of anilines is 1. The molecule has 1 fully saturated rings. The molecule has 0 amide bonds. The molecule has 162 valence electrons. The van der Waals surface area contributed by atoms with Gasteiger partial charge in [0.05, 0.1) is 12.7 Å². The summed E-state index contributed by atoms with van der Waals surface area (Å²) in [6, 6.07) is 11.5. The quantitative estimate of drug-likeness (QED) is 0.495. The highest BCUT2D eigenvalue weighted by Crippen LogP contribution is 2.47. The number of hydrogen-bond donors (Lipinski definition) is 5. The minimum Gasteiger partial charge on any atom is -0.391 e. The van der Waals surface area contributed by atoms with Crippen molar-refractivity contribution in [2.45, 2.75) is 56.3 Å². The zero-order chi connectivity index (χ0) is 21.6. The molecule has 0 aliphatic carbocycles. The first-order chi connectivity index (χ1) is 14.3. The van der Waals surface area contributed by atoms with E-state index < -0.39 is 36.3 Å². The lowest BCUT2D eigenvalue weighted by Crippen LogP contribution is -2.64. The molecule has 0 unspecified atom stereocenters. The van der Waals surface area contributed by atoms with Gasteiger partial charge in [-0.1, -0.05) is 23.7 Å². The normalized spacial score (nSPS) is 31.6. The van der Waals surface area contributed by atoms with Gasteiger partial charge in [-0.05, 0) is 54.3 Å². The predicted octanol–water partition coefficient (Wildman–Crippen LogP) is 1.52. The molecule has 4 rings (SSSR count). The van der Waals surface area contributed by atoms with Crippen LogP contribution < -0.4 is 5.32 Å². The fourth-order valence-electron chi connectivity index (χ4n) is 4.18. The van der Waals surface area contributed by atoms with E-state index in [4.69, 9.17) is 21.1 Å². The van der Waals surface area contributed by atoms with E-state index in [1.807, 2.05) is 37.4 Å². The lowest BCUT2D eigenvalue weighted by Gasteiger charge is -2.47. The van der Waals surface area contributed by atoms with Crippen molar-refractivity contribution in [3.8, 4) is 0 Å². The second kappa shape index (κ2) is 8.09. The van der Waals surface area contributed by atoms with Crippen LogP contribution in [0.2, 0.25) is 5.02 Å². The predicted molar refractivity (Wildman–Crippen MR) is 111 cm³/mol. The van der Waals surface area contributed by atoms with Crippen molar-refractivity contribution < 1.29 is 29.9 Å². The number of ether oxygens (including phenoxy) is 2. The molecule has 2 aliphatic rings. The van der Waals surface area contributed by atoms with E-state index >= 15 is 0 Å². The Kier molecular flexibility index (Phi) is 5.80. The molecule has 0 saturated carbocycles. The fraction of sp³-hybridized carbons (Fsp3) is 0.455. The Bertz CT molecular complexity index is 921. The summed E-state index contributed by atoms with van der Waals surface area (Å²) in [6.45, 7) is 1.57. The van der Waals surface area contributed by atoms with Crippen LogP contribution in [0.1, 0.15) is 29.2 Å². The standard InChI is InChI=1S/C22H26ClNO6/c1-11(25)20-18(26)19(27)21(28)22(30-20)16-8-13(17(23)9-14(16)10-29-22)7-12-3-5-15(24-2)6-4-12/h3-6,8-9,11,18-21,24-28H,7,10H2,1-2H3/t11-,18+,19+,20-,21-,22+/m1/s1. The highest BCUT2D eigenvalue weighted by molar-refractivity contribution is 6.31. The van der Waals surface area contributed by atoms with E-state index in [2.05, 4.69) is 5.32 Å². The molecule has 8 heteroatoms. The van der Waals surface area contributed by atoms with Crippen molar-refractivity contribution in [2.75, 3.05) is 12.4 Å². The summed E-state index contributed by atoms with van der Waals surface area (Å²) in [5.74, 6) is -1.69. The van der Waals surface area contributed by atoms with Crippen molar-refractivity contribution in [3.05, 3.63) is 63.7 Å². The Hall–Kier alpha value is -1.71. The molecule has 2 aromatic carbocycles. The van der Waals surface area contributed by atoms with Gasteiger partial charge in [0.1, 0.15) is 24.4 Å². The first-order valence-corrected chi connectivity index (χ1v) is 10.3. The summed E-state index contributed by atoms with van der Waals surface area (Å²) >= 11 is 6.51. The van der Waals surface area contributed by atoms with Crippen molar-refractivity contribution in [1.29, 1.82) is 0 Å². The zero-order valence-corrected chi connectivity index (χ0v) is 17.5. The molecule has 0 bridgehead atoms. The molecule has 30 heavy (non-hydrogen) atoms. The number of aliphatic hydroxyl groups is 4. The largest absolute Gasteiger partial charge is 0.391 e. The second-order valence-corrected chi connectivity index (χ2v) is 8.34. The maximum atomic E-state index is 10.8. The number of aliphatic hydroxyl groups excluding tert-OH is 4. The van der Waals surface area contributed by atoms with Crippen molar-refractivity contribution >= 4 is 17.3 Å². The summed E-state index contributed by atoms with van der Waals surface area (Å²) in [5.41, 5.74) is 4.12. The number of nitrogens with one attached hydrogen (secondary N) is 1. The van der Waals surface area contributed by atoms with Crippen molar-refractivity contribution in [1.82, 2.24) is 0 Å². The Morgan fingerprint density at radius 2 is 1.87 bits per heavy atom. The first-order valence-electron chi connectivity index (χ1n) is 9.89. The van der Waals surface area contributed by atoms with Crippen LogP contribution in [-0.4, -0.2) is 58.0 Å². The fourth-order valence-corrected chi connectivity index (χ4v) is 4.44. The number of fused-ring (bicyclic) bond motifs is 2. The lowest BCUT2D eigenvalue weighted by atomic mass is 9.85. The van der Waals surface area contributed by atoms with Gasteiger partial charge in [0, 0.05) is 23.3 Å². The molecular weight excluding hydrogens is 410 g/mol. The van der Waals surface area contributed by atoms with E-state index in [0.29, 0.717) is 17.0 Å². The number of rotatable bonds is 4. The molecule has 7 nitrogen and oxygen atoms in total. The van der Waals surface area contributed by atoms with Crippen LogP contribution in [0.25, 0.3) is 0 Å². The van der Waals surface area contributed by atoms with Gasteiger partial charge in [0.2, 0.25) is 5.79 Å². The van der Waals surface area contributed by atoms with Gasteiger partial charge in [0.25, 0.3) is 0 Å². The van der Waals surface area contributed by atoms with E-state index in [9.17, 15) is 20.4 Å². The highest BCUT2D eigenvalue weighted by Gasteiger charge is 2.59. The van der Waals surface area contributed by atoms with Crippen LogP contribution in [0.4, 0.5) is 5.69 Å². The Morgan fingerprint density at radius 1 is 1.17 bits per heavy atom. The van der Waals surface area contributed by atoms with Crippen LogP contribution in [0, 0.1) is 0 Å². The van der Waals surface area contributed by atoms with Gasteiger partial charge in [-0.3, -0.25) is 0 Å². The maximum Gasteiger partial charge on any atom is 0.225 e. The smallest absolute Gasteiger partial charge is 0.225 e. The first kappa shape index (κ1) is 21.5. The number of hydrogen-bond acceptors (Lipinski definition) is 7. The van der Waals surface area contributed by atoms with Crippen LogP contribution >= 0.6 is 11.6 Å². The third kappa shape index (κ3) is 3.50. The van der Waals surface area contributed by atoms with E-state index in [0.717, 1.165) is 22.4 Å². The molecule has 0 aromatic heterocycles. The van der Waals surface area contributed by atoms with Crippen LogP contribution in [0.3, 0.4) is 0 Å². The van der Waals surface area contributed by atoms with Gasteiger partial charge in [-0.2, -0.15) is 0 Å². The molecule has 5 N–H and O–H groups in total. The second-order valence-electron chi connectivity index (χ2n) is 7.93. The Labute approximate surface area is 179 Å². The average Bonchev–Trinajstić information content (AvgIpc) is 3.08. The van der Waals surface area contributed by atoms with Crippen molar-refractivity contribution in [3.63, 3.8) is 0 Å².